The molecule has 4 heteroatoms. The minimum Gasteiger partial charge on any atom is -0.495 e. The summed E-state index contributed by atoms with van der Waals surface area (Å²) < 4.78 is 5.28. The molecule has 0 atom stereocenters. The van der Waals surface area contributed by atoms with Gasteiger partial charge < -0.3 is 15.4 Å². The molecule has 1 aliphatic rings. The maximum Gasteiger partial charge on any atom is 0.225 e. The molecular formula is C18H28N2O2. The fraction of sp³-hybridized carbons (Fsp3) is 0.611. The molecule has 0 heterocycles. The number of carbonyl (C=O) groups is 1. The Morgan fingerprint density at radius 3 is 2.64 bits per heavy atom. The Morgan fingerprint density at radius 2 is 1.95 bits per heavy atom. The van der Waals surface area contributed by atoms with E-state index >= 15 is 0 Å². The fourth-order valence-electron chi connectivity index (χ4n) is 3.01. The first-order chi connectivity index (χ1) is 10.7. The lowest BCUT2D eigenvalue weighted by atomic mass is 10.1. The molecule has 22 heavy (non-hydrogen) atoms. The van der Waals surface area contributed by atoms with Crippen LogP contribution in [0, 0.1) is 6.92 Å². The second-order valence-corrected chi connectivity index (χ2v) is 6.14. The summed E-state index contributed by atoms with van der Waals surface area (Å²) in [6.07, 6.45) is 8.31. The molecule has 1 saturated carbocycles. The lowest BCUT2D eigenvalue weighted by Gasteiger charge is -2.16. The summed E-state index contributed by atoms with van der Waals surface area (Å²) in [6, 6.07) is 6.38. The molecule has 2 rings (SSSR count). The monoisotopic (exact) mass is 304 g/mol. The van der Waals surface area contributed by atoms with Gasteiger partial charge in [-0.1, -0.05) is 31.7 Å². The van der Waals surface area contributed by atoms with Crippen molar-refractivity contribution in [2.24, 2.45) is 0 Å². The maximum absolute atomic E-state index is 12.1. The number of amides is 1. The van der Waals surface area contributed by atoms with Gasteiger partial charge in [-0.05, 0) is 37.5 Å². The van der Waals surface area contributed by atoms with Crippen LogP contribution < -0.4 is 15.4 Å². The summed E-state index contributed by atoms with van der Waals surface area (Å²) in [5.41, 5.74) is 1.86. The zero-order valence-corrected chi connectivity index (χ0v) is 13.8. The van der Waals surface area contributed by atoms with Crippen molar-refractivity contribution in [2.75, 3.05) is 19.0 Å². The highest BCUT2D eigenvalue weighted by Crippen LogP contribution is 2.25. The molecule has 0 saturated heterocycles. The van der Waals surface area contributed by atoms with Crippen LogP contribution in [0.5, 0.6) is 5.75 Å². The molecule has 1 amide bonds. The Morgan fingerprint density at radius 1 is 1.23 bits per heavy atom. The van der Waals surface area contributed by atoms with E-state index in [-0.39, 0.29) is 5.91 Å². The van der Waals surface area contributed by atoms with Crippen LogP contribution in [0.15, 0.2) is 18.2 Å². The second-order valence-electron chi connectivity index (χ2n) is 6.14. The topological polar surface area (TPSA) is 50.4 Å². The van der Waals surface area contributed by atoms with Crippen LogP contribution in [0.3, 0.4) is 0 Å². The Balaban J connectivity index is 1.77. The Labute approximate surface area is 133 Å². The van der Waals surface area contributed by atoms with Gasteiger partial charge in [-0.15, -0.1) is 0 Å². The van der Waals surface area contributed by atoms with Crippen molar-refractivity contribution in [1.82, 2.24) is 5.32 Å². The molecule has 0 unspecified atom stereocenters. The predicted octanol–water partition coefficient (Wildman–Crippen LogP) is 3.64. The van der Waals surface area contributed by atoms with Crippen molar-refractivity contribution in [3.63, 3.8) is 0 Å². The van der Waals surface area contributed by atoms with Gasteiger partial charge in [-0.2, -0.15) is 0 Å². The summed E-state index contributed by atoms with van der Waals surface area (Å²) in [5.74, 6) is 0.737. The Hall–Kier alpha value is -1.55. The first kappa shape index (κ1) is 16.8. The normalized spacial score (nSPS) is 16.1. The van der Waals surface area contributed by atoms with E-state index in [0.717, 1.165) is 17.8 Å². The highest BCUT2D eigenvalue weighted by Gasteiger charge is 2.12. The number of hydrogen-bond acceptors (Lipinski definition) is 3. The number of aryl methyl sites for hydroxylation is 1. The van der Waals surface area contributed by atoms with Crippen LogP contribution in [-0.4, -0.2) is 25.6 Å². The van der Waals surface area contributed by atoms with Gasteiger partial charge in [0.15, 0.2) is 0 Å². The third-order valence-corrected chi connectivity index (χ3v) is 4.27. The largest absolute Gasteiger partial charge is 0.495 e. The molecule has 1 aromatic rings. The van der Waals surface area contributed by atoms with Crippen LogP contribution in [0.4, 0.5) is 5.69 Å². The van der Waals surface area contributed by atoms with Crippen LogP contribution in [0.2, 0.25) is 0 Å². The number of carbonyl (C=O) groups excluding carboxylic acids is 1. The minimum absolute atomic E-state index is 0.0324. The zero-order chi connectivity index (χ0) is 15.8. The number of nitrogens with one attached hydrogen (secondary N) is 2. The zero-order valence-electron chi connectivity index (χ0n) is 13.8. The average Bonchev–Trinajstić information content (AvgIpc) is 2.76. The van der Waals surface area contributed by atoms with E-state index in [1.807, 2.05) is 25.1 Å². The van der Waals surface area contributed by atoms with Crippen molar-refractivity contribution < 1.29 is 9.53 Å². The van der Waals surface area contributed by atoms with Crippen LogP contribution in [0.25, 0.3) is 0 Å². The molecule has 4 nitrogen and oxygen atoms in total. The van der Waals surface area contributed by atoms with Crippen molar-refractivity contribution in [3.05, 3.63) is 23.8 Å². The molecule has 1 fully saturated rings. The second kappa shape index (κ2) is 8.79. The molecule has 0 aromatic heterocycles. The van der Waals surface area contributed by atoms with Crippen molar-refractivity contribution in [1.29, 1.82) is 0 Å². The molecule has 122 valence electrons. The van der Waals surface area contributed by atoms with E-state index in [2.05, 4.69) is 10.6 Å². The van der Waals surface area contributed by atoms with Gasteiger partial charge in [0.05, 0.1) is 12.8 Å². The quantitative estimate of drug-likeness (QED) is 0.789. The SMILES string of the molecule is COc1ccc(C)cc1NC(=O)CCNC1CCCCCC1. The number of anilines is 1. The van der Waals surface area contributed by atoms with E-state index in [1.54, 1.807) is 7.11 Å². The van der Waals surface area contributed by atoms with Crippen molar-refractivity contribution in [3.8, 4) is 5.75 Å². The molecule has 0 radical (unpaired) electrons. The first-order valence-electron chi connectivity index (χ1n) is 8.37. The van der Waals surface area contributed by atoms with Gasteiger partial charge in [0.25, 0.3) is 0 Å². The Bertz CT molecular complexity index is 480. The van der Waals surface area contributed by atoms with Gasteiger partial charge in [-0.25, -0.2) is 0 Å². The number of ether oxygens (including phenoxy) is 1. The van der Waals surface area contributed by atoms with Crippen LogP contribution in [0.1, 0.15) is 50.5 Å². The van der Waals surface area contributed by atoms with E-state index < -0.39 is 0 Å². The Kier molecular flexibility index (Phi) is 6.72. The summed E-state index contributed by atoms with van der Waals surface area (Å²) in [4.78, 5) is 12.1. The van der Waals surface area contributed by atoms with Gasteiger partial charge in [-0.3, -0.25) is 4.79 Å². The number of rotatable bonds is 6. The maximum atomic E-state index is 12.1. The molecule has 0 aliphatic heterocycles. The summed E-state index contributed by atoms with van der Waals surface area (Å²) in [5, 5.41) is 6.47. The minimum atomic E-state index is 0.0324. The molecule has 0 spiro atoms. The third kappa shape index (κ3) is 5.34. The van der Waals surface area contributed by atoms with Gasteiger partial charge in [0, 0.05) is 19.0 Å². The lowest BCUT2D eigenvalue weighted by molar-refractivity contribution is -0.116. The predicted molar refractivity (Wildman–Crippen MR) is 90.5 cm³/mol. The van der Waals surface area contributed by atoms with Crippen LogP contribution in [-0.2, 0) is 4.79 Å². The number of benzene rings is 1. The summed E-state index contributed by atoms with van der Waals surface area (Å²) in [7, 11) is 1.62. The molecule has 1 aromatic carbocycles. The molecule has 2 N–H and O–H groups in total. The molecule has 1 aliphatic carbocycles. The average molecular weight is 304 g/mol. The first-order valence-corrected chi connectivity index (χ1v) is 8.37. The van der Waals surface area contributed by atoms with E-state index in [1.165, 1.54) is 38.5 Å². The molecule has 0 bridgehead atoms. The van der Waals surface area contributed by atoms with Gasteiger partial charge in [0.2, 0.25) is 5.91 Å². The smallest absolute Gasteiger partial charge is 0.225 e. The number of methoxy groups -OCH3 is 1. The lowest BCUT2D eigenvalue weighted by Crippen LogP contribution is -2.31. The third-order valence-electron chi connectivity index (χ3n) is 4.27. The van der Waals surface area contributed by atoms with Gasteiger partial charge in [0.1, 0.15) is 5.75 Å². The molecular weight excluding hydrogens is 276 g/mol. The van der Waals surface area contributed by atoms with Crippen molar-refractivity contribution in [2.45, 2.75) is 57.9 Å². The van der Waals surface area contributed by atoms with Crippen LogP contribution >= 0.6 is 0 Å². The van der Waals surface area contributed by atoms with E-state index in [4.69, 9.17) is 4.74 Å². The summed E-state index contributed by atoms with van der Waals surface area (Å²) >= 11 is 0. The highest BCUT2D eigenvalue weighted by atomic mass is 16.5. The standard InChI is InChI=1S/C18H28N2O2/c1-14-9-10-17(22-2)16(13-14)20-18(21)11-12-19-15-7-5-3-4-6-8-15/h9-10,13,15,19H,3-8,11-12H2,1-2H3,(H,20,21). The van der Waals surface area contributed by atoms with Crippen molar-refractivity contribution >= 4 is 11.6 Å². The highest BCUT2D eigenvalue weighted by molar-refractivity contribution is 5.92. The van der Waals surface area contributed by atoms with E-state index in [0.29, 0.717) is 18.2 Å². The summed E-state index contributed by atoms with van der Waals surface area (Å²) in [6.45, 7) is 2.74. The fourth-order valence-corrected chi connectivity index (χ4v) is 3.01. The van der Waals surface area contributed by atoms with Gasteiger partial charge >= 0.3 is 0 Å². The van der Waals surface area contributed by atoms with E-state index in [9.17, 15) is 4.79 Å². The number of hydrogen-bond donors (Lipinski definition) is 2.